The lowest BCUT2D eigenvalue weighted by molar-refractivity contribution is 0.0244. The highest BCUT2D eigenvalue weighted by Crippen LogP contribution is 2.40. The number of hydrogen-bond acceptors (Lipinski definition) is 2. The van der Waals surface area contributed by atoms with E-state index in [4.69, 9.17) is 0 Å². The van der Waals surface area contributed by atoms with E-state index < -0.39 is 0 Å². The molecule has 2 atom stereocenters. The van der Waals surface area contributed by atoms with Gasteiger partial charge in [-0.3, -0.25) is 4.90 Å². The molecule has 0 aromatic heterocycles. The number of likely N-dealkylation sites (N-methyl/N-ethyl adjacent to an activating group) is 1. The molecule has 0 amide bonds. The minimum absolute atomic E-state index is 0.437. The summed E-state index contributed by atoms with van der Waals surface area (Å²) in [5, 5.41) is 3.69. The topological polar surface area (TPSA) is 15.3 Å². The molecule has 2 rings (SSSR count). The zero-order valence-corrected chi connectivity index (χ0v) is 15.1. The summed E-state index contributed by atoms with van der Waals surface area (Å²) in [5.41, 5.74) is 0.437. The quantitative estimate of drug-likeness (QED) is 0.779. The first-order valence-corrected chi connectivity index (χ1v) is 9.38. The standard InChI is InChI=1S/C19H38N2/c1-15(2)12-14-21(16-9-6-7-10-16)17-11-8-13-19(3,4)18(17)20-5/h15-18,20H,6-14H2,1-5H3. The van der Waals surface area contributed by atoms with Gasteiger partial charge in [-0.25, -0.2) is 0 Å². The second-order valence-corrected chi connectivity index (χ2v) is 8.57. The van der Waals surface area contributed by atoms with E-state index in [1.165, 1.54) is 57.9 Å². The largest absolute Gasteiger partial charge is 0.315 e. The van der Waals surface area contributed by atoms with E-state index in [-0.39, 0.29) is 0 Å². The third-order valence-electron chi connectivity index (χ3n) is 6.04. The molecule has 0 heterocycles. The van der Waals surface area contributed by atoms with Crippen LogP contribution >= 0.6 is 0 Å². The first kappa shape index (κ1) is 17.3. The molecule has 0 aromatic rings. The molecule has 124 valence electrons. The second-order valence-electron chi connectivity index (χ2n) is 8.57. The Kier molecular flexibility index (Phi) is 6.14. The van der Waals surface area contributed by atoms with Crippen molar-refractivity contribution in [2.45, 2.75) is 97.2 Å². The minimum atomic E-state index is 0.437. The zero-order valence-electron chi connectivity index (χ0n) is 15.1. The van der Waals surface area contributed by atoms with E-state index >= 15 is 0 Å². The van der Waals surface area contributed by atoms with Crippen LogP contribution in [-0.2, 0) is 0 Å². The van der Waals surface area contributed by atoms with Crippen molar-refractivity contribution in [2.24, 2.45) is 11.3 Å². The van der Waals surface area contributed by atoms with Crippen LogP contribution in [0.4, 0.5) is 0 Å². The summed E-state index contributed by atoms with van der Waals surface area (Å²) in [7, 11) is 2.18. The molecule has 2 aliphatic rings. The summed E-state index contributed by atoms with van der Waals surface area (Å²) in [6.07, 6.45) is 11.3. The maximum absolute atomic E-state index is 3.69. The number of hydrogen-bond donors (Lipinski definition) is 1. The van der Waals surface area contributed by atoms with Crippen molar-refractivity contribution >= 4 is 0 Å². The molecule has 0 aromatic carbocycles. The molecule has 0 bridgehead atoms. The molecule has 2 saturated carbocycles. The van der Waals surface area contributed by atoms with Crippen LogP contribution in [0, 0.1) is 11.3 Å². The molecular formula is C19H38N2. The van der Waals surface area contributed by atoms with E-state index in [1.807, 2.05) is 0 Å². The van der Waals surface area contributed by atoms with Crippen molar-refractivity contribution in [3.05, 3.63) is 0 Å². The summed E-state index contributed by atoms with van der Waals surface area (Å²) < 4.78 is 0. The summed E-state index contributed by atoms with van der Waals surface area (Å²) >= 11 is 0. The highest BCUT2D eigenvalue weighted by molar-refractivity contribution is 4.99. The molecule has 1 N–H and O–H groups in total. The van der Waals surface area contributed by atoms with Gasteiger partial charge in [0.05, 0.1) is 0 Å². The van der Waals surface area contributed by atoms with Crippen molar-refractivity contribution in [1.29, 1.82) is 0 Å². The number of nitrogens with zero attached hydrogens (tertiary/aromatic N) is 1. The Morgan fingerprint density at radius 1 is 1.10 bits per heavy atom. The van der Waals surface area contributed by atoms with E-state index in [9.17, 15) is 0 Å². The Bertz CT molecular complexity index is 305. The van der Waals surface area contributed by atoms with Crippen LogP contribution in [0.25, 0.3) is 0 Å². The lowest BCUT2D eigenvalue weighted by Crippen LogP contribution is -2.60. The van der Waals surface area contributed by atoms with Crippen LogP contribution in [0.2, 0.25) is 0 Å². The lowest BCUT2D eigenvalue weighted by Gasteiger charge is -2.50. The Balaban J connectivity index is 2.12. The van der Waals surface area contributed by atoms with Crippen LogP contribution < -0.4 is 5.32 Å². The van der Waals surface area contributed by atoms with Crippen molar-refractivity contribution in [1.82, 2.24) is 10.2 Å². The second kappa shape index (κ2) is 7.46. The molecule has 0 saturated heterocycles. The fourth-order valence-electron chi connectivity index (χ4n) is 4.81. The number of nitrogens with one attached hydrogen (secondary N) is 1. The fraction of sp³-hybridized carbons (Fsp3) is 1.00. The molecule has 21 heavy (non-hydrogen) atoms. The van der Waals surface area contributed by atoms with Gasteiger partial charge < -0.3 is 5.32 Å². The third-order valence-corrected chi connectivity index (χ3v) is 6.04. The summed E-state index contributed by atoms with van der Waals surface area (Å²) in [4.78, 5) is 2.93. The van der Waals surface area contributed by atoms with Crippen molar-refractivity contribution < 1.29 is 0 Å². The van der Waals surface area contributed by atoms with Crippen LogP contribution in [0.3, 0.4) is 0 Å². The molecule has 2 nitrogen and oxygen atoms in total. The zero-order chi connectivity index (χ0) is 15.5. The maximum Gasteiger partial charge on any atom is 0.0271 e. The van der Waals surface area contributed by atoms with Gasteiger partial charge in [0.25, 0.3) is 0 Å². The number of rotatable bonds is 6. The predicted molar refractivity (Wildman–Crippen MR) is 92.7 cm³/mol. The fourth-order valence-corrected chi connectivity index (χ4v) is 4.81. The van der Waals surface area contributed by atoms with Gasteiger partial charge in [-0.05, 0) is 57.0 Å². The molecule has 2 heteroatoms. The van der Waals surface area contributed by atoms with Crippen LogP contribution in [-0.4, -0.2) is 36.6 Å². The first-order valence-electron chi connectivity index (χ1n) is 9.38. The molecule has 0 radical (unpaired) electrons. The van der Waals surface area contributed by atoms with Gasteiger partial charge in [-0.2, -0.15) is 0 Å². The van der Waals surface area contributed by atoms with Crippen molar-refractivity contribution in [3.8, 4) is 0 Å². The van der Waals surface area contributed by atoms with E-state index in [1.54, 1.807) is 0 Å². The van der Waals surface area contributed by atoms with E-state index in [0.29, 0.717) is 11.5 Å². The maximum atomic E-state index is 3.69. The minimum Gasteiger partial charge on any atom is -0.315 e. The average Bonchev–Trinajstić information content (AvgIpc) is 2.91. The molecule has 2 unspecified atom stereocenters. The summed E-state index contributed by atoms with van der Waals surface area (Å²) in [6, 6.07) is 2.26. The monoisotopic (exact) mass is 294 g/mol. The smallest absolute Gasteiger partial charge is 0.0271 e. The molecule has 0 spiro atoms. The van der Waals surface area contributed by atoms with Crippen LogP contribution in [0.5, 0.6) is 0 Å². The Hall–Kier alpha value is -0.0800. The molecule has 2 aliphatic carbocycles. The van der Waals surface area contributed by atoms with E-state index in [2.05, 4.69) is 45.0 Å². The van der Waals surface area contributed by atoms with Gasteiger partial charge in [0.1, 0.15) is 0 Å². The van der Waals surface area contributed by atoms with Gasteiger partial charge in [0.15, 0.2) is 0 Å². The molecule has 0 aliphatic heterocycles. The predicted octanol–water partition coefficient (Wildman–Crippen LogP) is 4.44. The first-order chi connectivity index (χ1) is 9.95. The highest BCUT2D eigenvalue weighted by atomic mass is 15.2. The van der Waals surface area contributed by atoms with Crippen LogP contribution in [0.15, 0.2) is 0 Å². The van der Waals surface area contributed by atoms with Gasteiger partial charge in [0.2, 0.25) is 0 Å². The average molecular weight is 295 g/mol. The molecular weight excluding hydrogens is 256 g/mol. The highest BCUT2D eigenvalue weighted by Gasteiger charge is 2.42. The van der Waals surface area contributed by atoms with Crippen molar-refractivity contribution in [2.75, 3.05) is 13.6 Å². The summed E-state index contributed by atoms with van der Waals surface area (Å²) in [6.45, 7) is 11.0. The van der Waals surface area contributed by atoms with Gasteiger partial charge in [-0.15, -0.1) is 0 Å². The third kappa shape index (κ3) is 4.22. The van der Waals surface area contributed by atoms with Gasteiger partial charge >= 0.3 is 0 Å². The van der Waals surface area contributed by atoms with Gasteiger partial charge in [-0.1, -0.05) is 47.0 Å². The Morgan fingerprint density at radius 3 is 2.33 bits per heavy atom. The SMILES string of the molecule is CNC1C(N(CCC(C)C)C2CCCC2)CCCC1(C)C. The molecule has 2 fully saturated rings. The van der Waals surface area contributed by atoms with Crippen LogP contribution in [0.1, 0.15) is 79.1 Å². The Labute approximate surface area is 133 Å². The lowest BCUT2D eigenvalue weighted by atomic mass is 9.70. The van der Waals surface area contributed by atoms with E-state index in [0.717, 1.165) is 18.0 Å². The van der Waals surface area contributed by atoms with Gasteiger partial charge in [0, 0.05) is 18.1 Å². The summed E-state index contributed by atoms with van der Waals surface area (Å²) in [5.74, 6) is 0.818. The van der Waals surface area contributed by atoms with Crippen molar-refractivity contribution in [3.63, 3.8) is 0 Å². The normalized spacial score (nSPS) is 30.4. The Morgan fingerprint density at radius 2 is 1.76 bits per heavy atom.